The normalized spacial score (nSPS) is 10.4. The average Bonchev–Trinajstić information content (AvgIpc) is 2.37. The van der Waals surface area contributed by atoms with E-state index in [1.807, 2.05) is 25.1 Å². The highest BCUT2D eigenvalue weighted by atomic mass is 79.9. The van der Waals surface area contributed by atoms with E-state index in [-0.39, 0.29) is 6.42 Å². The van der Waals surface area contributed by atoms with Gasteiger partial charge in [0.1, 0.15) is 11.5 Å². The lowest BCUT2D eigenvalue weighted by Crippen LogP contribution is -2.01. The lowest BCUT2D eigenvalue weighted by atomic mass is 10.1. The van der Waals surface area contributed by atoms with Gasteiger partial charge in [0.15, 0.2) is 0 Å². The molecule has 0 aliphatic carbocycles. The standard InChI is InChI=1S/C16H14BrClO3/c1-2-11-4-3-10(6-16(19)20)5-15(11)21-14-8-12(17)7-13(18)9-14/h3-5,7-9H,2,6H2,1H3,(H,19,20). The molecular formula is C16H14BrClO3. The number of hydrogen-bond acceptors (Lipinski definition) is 2. The van der Waals surface area contributed by atoms with Crippen molar-refractivity contribution < 1.29 is 14.6 Å². The van der Waals surface area contributed by atoms with Crippen LogP contribution in [0.5, 0.6) is 11.5 Å². The first-order chi connectivity index (χ1) is 9.97. The number of aliphatic carboxylic acids is 1. The number of benzene rings is 2. The van der Waals surface area contributed by atoms with Gasteiger partial charge >= 0.3 is 5.97 Å². The first-order valence-corrected chi connectivity index (χ1v) is 7.62. The average molecular weight is 370 g/mol. The van der Waals surface area contributed by atoms with Crippen molar-refractivity contribution in [2.24, 2.45) is 0 Å². The van der Waals surface area contributed by atoms with Gasteiger partial charge in [-0.15, -0.1) is 0 Å². The third kappa shape index (κ3) is 4.48. The highest BCUT2D eigenvalue weighted by Gasteiger charge is 2.09. The molecule has 0 bridgehead atoms. The maximum Gasteiger partial charge on any atom is 0.307 e. The van der Waals surface area contributed by atoms with E-state index >= 15 is 0 Å². The Morgan fingerprint density at radius 3 is 2.67 bits per heavy atom. The number of aryl methyl sites for hydroxylation is 1. The summed E-state index contributed by atoms with van der Waals surface area (Å²) >= 11 is 9.37. The molecule has 21 heavy (non-hydrogen) atoms. The van der Waals surface area contributed by atoms with E-state index in [0.717, 1.165) is 16.5 Å². The second-order valence-corrected chi connectivity index (χ2v) is 5.93. The summed E-state index contributed by atoms with van der Waals surface area (Å²) in [5, 5.41) is 9.45. The molecule has 0 fully saturated rings. The molecule has 0 unspecified atom stereocenters. The second kappa shape index (κ2) is 6.96. The molecule has 0 spiro atoms. The molecule has 0 heterocycles. The van der Waals surface area contributed by atoms with Crippen LogP contribution in [0.4, 0.5) is 0 Å². The van der Waals surface area contributed by atoms with Crippen molar-refractivity contribution in [2.75, 3.05) is 0 Å². The molecular weight excluding hydrogens is 356 g/mol. The Morgan fingerprint density at radius 2 is 2.05 bits per heavy atom. The van der Waals surface area contributed by atoms with E-state index in [9.17, 15) is 4.79 Å². The highest BCUT2D eigenvalue weighted by molar-refractivity contribution is 9.10. The fourth-order valence-corrected chi connectivity index (χ4v) is 2.81. The number of ether oxygens (including phenoxy) is 1. The number of carboxylic acid groups (broad SMARTS) is 1. The fourth-order valence-electron chi connectivity index (χ4n) is 1.99. The Labute approximate surface area is 136 Å². The Hall–Kier alpha value is -1.52. The summed E-state index contributed by atoms with van der Waals surface area (Å²) in [6.07, 6.45) is 0.768. The zero-order valence-corrected chi connectivity index (χ0v) is 13.7. The number of rotatable bonds is 5. The minimum atomic E-state index is -0.865. The maximum absolute atomic E-state index is 10.8. The third-order valence-electron chi connectivity index (χ3n) is 2.93. The van der Waals surface area contributed by atoms with Crippen LogP contribution in [0.3, 0.4) is 0 Å². The van der Waals surface area contributed by atoms with Crippen molar-refractivity contribution in [3.05, 3.63) is 57.0 Å². The highest BCUT2D eigenvalue weighted by Crippen LogP contribution is 2.31. The van der Waals surface area contributed by atoms with E-state index < -0.39 is 5.97 Å². The molecule has 3 nitrogen and oxygen atoms in total. The summed E-state index contributed by atoms with van der Waals surface area (Å²) in [6.45, 7) is 2.02. The van der Waals surface area contributed by atoms with Crippen LogP contribution in [0.1, 0.15) is 18.1 Å². The number of halogens is 2. The molecule has 5 heteroatoms. The predicted octanol–water partition coefficient (Wildman–Crippen LogP) is 5.08. The first kappa shape index (κ1) is 15.9. The van der Waals surface area contributed by atoms with E-state index in [4.69, 9.17) is 21.4 Å². The topological polar surface area (TPSA) is 46.5 Å². The fraction of sp³-hybridized carbons (Fsp3) is 0.188. The van der Waals surface area contributed by atoms with Crippen molar-refractivity contribution in [1.82, 2.24) is 0 Å². The van der Waals surface area contributed by atoms with Crippen molar-refractivity contribution in [2.45, 2.75) is 19.8 Å². The molecule has 2 rings (SSSR count). The zero-order valence-electron chi connectivity index (χ0n) is 11.4. The van der Waals surface area contributed by atoms with E-state index in [1.165, 1.54) is 0 Å². The van der Waals surface area contributed by atoms with Gasteiger partial charge in [-0.05, 0) is 41.8 Å². The SMILES string of the molecule is CCc1ccc(CC(=O)O)cc1Oc1cc(Cl)cc(Br)c1. The van der Waals surface area contributed by atoms with Crippen LogP contribution < -0.4 is 4.74 Å². The summed E-state index contributed by atoms with van der Waals surface area (Å²) in [6, 6.07) is 10.8. The molecule has 0 saturated carbocycles. The summed E-state index contributed by atoms with van der Waals surface area (Å²) in [7, 11) is 0. The van der Waals surface area contributed by atoms with Crippen molar-refractivity contribution >= 4 is 33.5 Å². The van der Waals surface area contributed by atoms with Crippen LogP contribution in [0.2, 0.25) is 5.02 Å². The molecule has 2 aromatic rings. The monoisotopic (exact) mass is 368 g/mol. The van der Waals surface area contributed by atoms with Crippen molar-refractivity contribution in [1.29, 1.82) is 0 Å². The Kier molecular flexibility index (Phi) is 5.26. The molecule has 0 amide bonds. The van der Waals surface area contributed by atoms with Gasteiger partial charge < -0.3 is 9.84 Å². The van der Waals surface area contributed by atoms with Gasteiger partial charge in [0.2, 0.25) is 0 Å². The van der Waals surface area contributed by atoms with Gasteiger partial charge in [-0.25, -0.2) is 0 Å². The maximum atomic E-state index is 10.8. The van der Waals surface area contributed by atoms with E-state index in [2.05, 4.69) is 15.9 Å². The lowest BCUT2D eigenvalue weighted by Gasteiger charge is -2.12. The van der Waals surface area contributed by atoms with Crippen molar-refractivity contribution in [3.63, 3.8) is 0 Å². The largest absolute Gasteiger partial charge is 0.481 e. The smallest absolute Gasteiger partial charge is 0.307 e. The second-order valence-electron chi connectivity index (χ2n) is 4.57. The Balaban J connectivity index is 2.34. The van der Waals surface area contributed by atoms with Crippen LogP contribution in [-0.4, -0.2) is 11.1 Å². The molecule has 1 N–H and O–H groups in total. The van der Waals surface area contributed by atoms with Crippen LogP contribution in [0.15, 0.2) is 40.9 Å². The molecule has 0 aliphatic rings. The van der Waals surface area contributed by atoms with Crippen LogP contribution >= 0.6 is 27.5 Å². The number of carbonyl (C=O) groups is 1. The molecule has 110 valence electrons. The Morgan fingerprint density at radius 1 is 1.29 bits per heavy atom. The number of carboxylic acids is 1. The molecule has 0 saturated heterocycles. The summed E-state index contributed by atoms with van der Waals surface area (Å²) in [5.41, 5.74) is 1.72. The Bertz CT molecular complexity index is 650. The molecule has 0 aromatic heterocycles. The molecule has 0 aliphatic heterocycles. The summed E-state index contributed by atoms with van der Waals surface area (Å²) in [4.78, 5) is 10.8. The van der Waals surface area contributed by atoms with Gasteiger partial charge in [-0.1, -0.05) is 46.6 Å². The van der Waals surface area contributed by atoms with Crippen LogP contribution in [0, 0.1) is 0 Å². The van der Waals surface area contributed by atoms with Gasteiger partial charge in [0, 0.05) is 9.50 Å². The van der Waals surface area contributed by atoms with Gasteiger partial charge in [0.05, 0.1) is 6.42 Å². The van der Waals surface area contributed by atoms with Gasteiger partial charge in [0.25, 0.3) is 0 Å². The molecule has 0 radical (unpaired) electrons. The van der Waals surface area contributed by atoms with Crippen molar-refractivity contribution in [3.8, 4) is 11.5 Å². The minimum absolute atomic E-state index is 0.0282. The van der Waals surface area contributed by atoms with Crippen LogP contribution in [0.25, 0.3) is 0 Å². The summed E-state index contributed by atoms with van der Waals surface area (Å²) in [5.74, 6) is 0.401. The van der Waals surface area contributed by atoms with E-state index in [0.29, 0.717) is 22.1 Å². The van der Waals surface area contributed by atoms with Gasteiger partial charge in [-0.2, -0.15) is 0 Å². The zero-order chi connectivity index (χ0) is 15.4. The lowest BCUT2D eigenvalue weighted by molar-refractivity contribution is -0.136. The van der Waals surface area contributed by atoms with E-state index in [1.54, 1.807) is 18.2 Å². The van der Waals surface area contributed by atoms with Crippen LogP contribution in [-0.2, 0) is 17.6 Å². The minimum Gasteiger partial charge on any atom is -0.481 e. The summed E-state index contributed by atoms with van der Waals surface area (Å²) < 4.78 is 6.70. The molecule has 0 atom stereocenters. The third-order valence-corrected chi connectivity index (χ3v) is 3.61. The predicted molar refractivity (Wildman–Crippen MR) is 86.4 cm³/mol. The quantitative estimate of drug-likeness (QED) is 0.799. The molecule has 2 aromatic carbocycles. The first-order valence-electron chi connectivity index (χ1n) is 6.45. The number of hydrogen-bond donors (Lipinski definition) is 1. The van der Waals surface area contributed by atoms with Gasteiger partial charge in [-0.3, -0.25) is 4.79 Å².